The third kappa shape index (κ3) is 11.5. The summed E-state index contributed by atoms with van der Waals surface area (Å²) in [6.07, 6.45) is 4.24. The average Bonchev–Trinajstić information content (AvgIpc) is 3.51. The number of H-pyrrole nitrogens is 1. The number of amides is 4. The Morgan fingerprint density at radius 2 is 1.50 bits per heavy atom. The number of phenols is 1. The molecule has 0 unspecified atom stereocenters. The van der Waals surface area contributed by atoms with Gasteiger partial charge in [0.05, 0.1) is 6.33 Å². The fourth-order valence-electron chi connectivity index (χ4n) is 4.41. The number of rotatable bonds is 17. The Balaban J connectivity index is 1.74. The number of guanidine groups is 1. The van der Waals surface area contributed by atoms with Crippen LogP contribution in [-0.2, 0) is 38.4 Å². The number of carbonyl (C=O) groups is 4. The largest absolute Gasteiger partial charge is 0.508 e. The number of hydrogen-bond donors (Lipinski definition) is 8. The predicted octanol–water partition coefficient (Wildman–Crippen LogP) is -0.473. The Bertz CT molecular complexity index is 1390. The van der Waals surface area contributed by atoms with Crippen LogP contribution in [0.15, 0.2) is 72.1 Å². The van der Waals surface area contributed by atoms with Gasteiger partial charge < -0.3 is 43.2 Å². The summed E-state index contributed by atoms with van der Waals surface area (Å²) < 4.78 is 0. The summed E-state index contributed by atoms with van der Waals surface area (Å²) >= 11 is 0. The van der Waals surface area contributed by atoms with Crippen molar-refractivity contribution in [2.75, 3.05) is 6.54 Å². The zero-order chi connectivity index (χ0) is 31.9. The van der Waals surface area contributed by atoms with Crippen molar-refractivity contribution < 1.29 is 24.3 Å². The molecule has 0 radical (unpaired) electrons. The number of aryl methyl sites for hydroxylation is 1. The number of carbonyl (C=O) groups excluding carboxylic acids is 4. The van der Waals surface area contributed by atoms with E-state index in [2.05, 4.69) is 30.9 Å². The molecule has 0 saturated heterocycles. The lowest BCUT2D eigenvalue weighted by Gasteiger charge is -2.25. The van der Waals surface area contributed by atoms with E-state index in [1.54, 1.807) is 36.4 Å². The Labute approximate surface area is 254 Å². The molecule has 0 bridgehead atoms. The van der Waals surface area contributed by atoms with E-state index in [9.17, 15) is 24.3 Å². The fourth-order valence-corrected chi connectivity index (χ4v) is 4.41. The number of aliphatic imine (C=N–C) groups is 1. The maximum absolute atomic E-state index is 13.6. The number of phenolic OH excluding ortho intramolecular Hbond substituents is 1. The van der Waals surface area contributed by atoms with E-state index in [1.165, 1.54) is 24.7 Å². The first-order valence-electron chi connectivity index (χ1n) is 14.1. The number of aromatic amines is 1. The average molecular weight is 606 g/mol. The Morgan fingerprint density at radius 3 is 2.11 bits per heavy atom. The van der Waals surface area contributed by atoms with E-state index in [0.29, 0.717) is 18.5 Å². The van der Waals surface area contributed by atoms with Crippen molar-refractivity contribution in [2.45, 2.75) is 56.7 Å². The summed E-state index contributed by atoms with van der Waals surface area (Å²) in [5.74, 6) is -2.31. The Kier molecular flexibility index (Phi) is 12.7. The highest BCUT2D eigenvalue weighted by molar-refractivity contribution is 5.94. The molecule has 3 atom stereocenters. The van der Waals surface area contributed by atoms with Crippen LogP contribution in [0.25, 0.3) is 0 Å². The monoisotopic (exact) mass is 605 g/mol. The van der Waals surface area contributed by atoms with E-state index in [-0.39, 0.29) is 49.8 Å². The van der Waals surface area contributed by atoms with Gasteiger partial charge in [0.1, 0.15) is 23.9 Å². The number of aromatic nitrogens is 2. The lowest BCUT2D eigenvalue weighted by atomic mass is 10.0. The van der Waals surface area contributed by atoms with Crippen LogP contribution in [0.3, 0.4) is 0 Å². The molecule has 0 aliphatic carbocycles. The zero-order valence-corrected chi connectivity index (χ0v) is 24.2. The SMILES string of the molecule is NC(=O)[C@@H](CCCN=C(N)N)NC(=O)[C@@H](Cc1ccccc1)NC(=O)[C@H](Cc1cnc[nH]1)NC(=O)CCc1ccc(O)cc1. The third-order valence-corrected chi connectivity index (χ3v) is 6.73. The standard InChI is InChI=1S/C30H39N9O5/c31-27(42)23(7-4-14-35-30(32)33)38-28(43)24(15-20-5-2-1-3-6-20)39-29(44)25(16-21-17-34-18-36-21)37-26(41)13-10-19-8-11-22(40)12-9-19/h1-3,5-6,8-9,11-12,17-18,23-25,40H,4,7,10,13-16H2,(H2,31,42)(H,34,36)(H,37,41)(H,38,43)(H,39,44)(H4,32,33,35)/t23-,24-,25+/m1/s1. The smallest absolute Gasteiger partial charge is 0.243 e. The zero-order valence-electron chi connectivity index (χ0n) is 24.2. The molecule has 14 nitrogen and oxygen atoms in total. The molecule has 0 spiro atoms. The quantitative estimate of drug-likeness (QED) is 0.0566. The molecular weight excluding hydrogens is 566 g/mol. The number of nitrogens with one attached hydrogen (secondary N) is 4. The summed E-state index contributed by atoms with van der Waals surface area (Å²) in [7, 11) is 0. The van der Waals surface area contributed by atoms with Crippen LogP contribution in [-0.4, -0.2) is 69.3 Å². The predicted molar refractivity (Wildman–Crippen MR) is 164 cm³/mol. The normalized spacial score (nSPS) is 12.7. The van der Waals surface area contributed by atoms with E-state index in [1.807, 2.05) is 6.07 Å². The highest BCUT2D eigenvalue weighted by Gasteiger charge is 2.29. The molecule has 1 aromatic heterocycles. The number of benzene rings is 2. The second kappa shape index (κ2) is 16.9. The maximum Gasteiger partial charge on any atom is 0.243 e. The topological polar surface area (TPSA) is 244 Å². The number of hydrogen-bond acceptors (Lipinski definition) is 7. The molecule has 14 heteroatoms. The Hall–Kier alpha value is -5.40. The Morgan fingerprint density at radius 1 is 0.841 bits per heavy atom. The number of imidazole rings is 1. The minimum absolute atomic E-state index is 0.0885. The number of nitrogens with zero attached hydrogens (tertiary/aromatic N) is 2. The maximum atomic E-state index is 13.6. The second-order valence-corrected chi connectivity index (χ2v) is 10.2. The summed E-state index contributed by atoms with van der Waals surface area (Å²) in [6.45, 7) is 0.244. The molecule has 0 aliphatic heterocycles. The van der Waals surface area contributed by atoms with Gasteiger partial charge in [-0.3, -0.25) is 24.2 Å². The van der Waals surface area contributed by atoms with Gasteiger partial charge in [-0.15, -0.1) is 0 Å². The molecule has 234 valence electrons. The molecule has 0 aliphatic rings. The molecule has 0 saturated carbocycles. The highest BCUT2D eigenvalue weighted by Crippen LogP contribution is 2.12. The van der Waals surface area contributed by atoms with Gasteiger partial charge in [-0.05, 0) is 42.5 Å². The third-order valence-electron chi connectivity index (χ3n) is 6.73. The molecule has 11 N–H and O–H groups in total. The molecule has 0 fully saturated rings. The minimum atomic E-state index is -1.09. The number of nitrogens with two attached hydrogens (primary N) is 3. The van der Waals surface area contributed by atoms with Crippen LogP contribution < -0.4 is 33.2 Å². The summed E-state index contributed by atoms with van der Waals surface area (Å²) in [5, 5.41) is 17.6. The first kappa shape index (κ1) is 33.1. The summed E-state index contributed by atoms with van der Waals surface area (Å²) in [6, 6.07) is 12.4. The van der Waals surface area contributed by atoms with Crippen LogP contribution in [0.4, 0.5) is 0 Å². The van der Waals surface area contributed by atoms with Gasteiger partial charge in [0.2, 0.25) is 23.6 Å². The van der Waals surface area contributed by atoms with Crippen molar-refractivity contribution in [1.82, 2.24) is 25.9 Å². The van der Waals surface area contributed by atoms with Gasteiger partial charge in [-0.2, -0.15) is 0 Å². The molecule has 1 heterocycles. The van der Waals surface area contributed by atoms with Gasteiger partial charge in [-0.25, -0.2) is 4.98 Å². The van der Waals surface area contributed by atoms with Crippen molar-refractivity contribution in [1.29, 1.82) is 0 Å². The van der Waals surface area contributed by atoms with Crippen LogP contribution >= 0.6 is 0 Å². The lowest BCUT2D eigenvalue weighted by Crippen LogP contribution is -2.57. The van der Waals surface area contributed by atoms with E-state index >= 15 is 0 Å². The molecule has 4 amide bonds. The minimum Gasteiger partial charge on any atom is -0.508 e. The molecular formula is C30H39N9O5. The molecule has 3 rings (SSSR count). The number of primary amides is 1. The van der Waals surface area contributed by atoms with E-state index in [4.69, 9.17) is 17.2 Å². The van der Waals surface area contributed by atoms with Crippen molar-refractivity contribution in [2.24, 2.45) is 22.2 Å². The lowest BCUT2D eigenvalue weighted by molar-refractivity contribution is -0.133. The highest BCUT2D eigenvalue weighted by atomic mass is 16.3. The van der Waals surface area contributed by atoms with Crippen molar-refractivity contribution in [3.05, 3.63) is 83.9 Å². The van der Waals surface area contributed by atoms with Gasteiger partial charge in [0.15, 0.2) is 5.96 Å². The first-order chi connectivity index (χ1) is 21.1. The van der Waals surface area contributed by atoms with Crippen LogP contribution in [0.5, 0.6) is 5.75 Å². The van der Waals surface area contributed by atoms with Crippen LogP contribution in [0, 0.1) is 0 Å². The van der Waals surface area contributed by atoms with E-state index in [0.717, 1.165) is 11.1 Å². The van der Waals surface area contributed by atoms with Gasteiger partial charge in [0, 0.05) is 37.7 Å². The van der Waals surface area contributed by atoms with Crippen molar-refractivity contribution in [3.8, 4) is 5.75 Å². The van der Waals surface area contributed by atoms with Gasteiger partial charge in [-0.1, -0.05) is 42.5 Å². The van der Waals surface area contributed by atoms with E-state index < -0.39 is 35.8 Å². The van der Waals surface area contributed by atoms with Crippen molar-refractivity contribution >= 4 is 29.6 Å². The molecule has 2 aromatic carbocycles. The van der Waals surface area contributed by atoms with Crippen LogP contribution in [0.1, 0.15) is 36.1 Å². The second-order valence-electron chi connectivity index (χ2n) is 10.2. The summed E-state index contributed by atoms with van der Waals surface area (Å²) in [4.78, 5) is 62.9. The van der Waals surface area contributed by atoms with Gasteiger partial charge in [0.25, 0.3) is 0 Å². The molecule has 3 aromatic rings. The fraction of sp³-hybridized carbons (Fsp3) is 0.333. The van der Waals surface area contributed by atoms with Crippen molar-refractivity contribution in [3.63, 3.8) is 0 Å². The van der Waals surface area contributed by atoms with Crippen LogP contribution in [0.2, 0.25) is 0 Å². The summed E-state index contributed by atoms with van der Waals surface area (Å²) in [5.41, 5.74) is 18.4. The molecule has 44 heavy (non-hydrogen) atoms. The number of aromatic hydroxyl groups is 1. The first-order valence-corrected chi connectivity index (χ1v) is 14.1. The van der Waals surface area contributed by atoms with Gasteiger partial charge >= 0.3 is 0 Å².